The smallest absolute Gasteiger partial charge is 0.338 e. The number of carbonyl (C=O) groups excluding carboxylic acids is 1. The van der Waals surface area contributed by atoms with Gasteiger partial charge in [0.25, 0.3) is 6.43 Å². The summed E-state index contributed by atoms with van der Waals surface area (Å²) in [6.07, 6.45) is -2.61. The Kier molecular flexibility index (Phi) is 4.85. The molecule has 1 aromatic carbocycles. The molecule has 0 aliphatic carbocycles. The lowest BCUT2D eigenvalue weighted by molar-refractivity contribution is 0.00692. The van der Waals surface area contributed by atoms with Gasteiger partial charge in [-0.15, -0.1) is 0 Å². The largest absolute Gasteiger partial charge is 0.456 e. The van der Waals surface area contributed by atoms with E-state index in [9.17, 15) is 13.6 Å². The van der Waals surface area contributed by atoms with Gasteiger partial charge in [-0.3, -0.25) is 0 Å². The number of rotatable bonds is 3. The van der Waals surface area contributed by atoms with Gasteiger partial charge in [-0.05, 0) is 38.5 Å². The van der Waals surface area contributed by atoms with E-state index < -0.39 is 18.0 Å². The van der Waals surface area contributed by atoms with Crippen molar-refractivity contribution in [3.8, 4) is 0 Å². The Morgan fingerprint density at radius 3 is 2.44 bits per heavy atom. The molecule has 18 heavy (non-hydrogen) atoms. The highest BCUT2D eigenvalue weighted by atomic mass is 79.9. The van der Waals surface area contributed by atoms with E-state index in [2.05, 4.69) is 15.9 Å². The number of carbonyl (C=O) groups is 1. The molecule has 1 rings (SSSR count). The molecule has 0 heterocycles. The van der Waals surface area contributed by atoms with Crippen LogP contribution in [0.4, 0.5) is 8.78 Å². The second-order valence-electron chi connectivity index (χ2n) is 4.85. The predicted octanol–water partition coefficient (Wildman–Crippen LogP) is 4.47. The van der Waals surface area contributed by atoms with E-state index >= 15 is 0 Å². The molecule has 1 aromatic rings. The van der Waals surface area contributed by atoms with Crippen LogP contribution >= 0.6 is 15.9 Å². The highest BCUT2D eigenvalue weighted by Gasteiger charge is 2.20. The van der Waals surface area contributed by atoms with Gasteiger partial charge in [0.05, 0.1) is 5.56 Å². The van der Waals surface area contributed by atoms with E-state index in [1.54, 1.807) is 20.8 Å². The Balaban J connectivity index is 3.05. The molecule has 0 atom stereocenters. The Hall–Kier alpha value is -0.970. The van der Waals surface area contributed by atoms with Crippen LogP contribution in [0, 0.1) is 0 Å². The number of alkyl halides is 3. The molecule has 5 heteroatoms. The molecule has 0 fully saturated rings. The van der Waals surface area contributed by atoms with Crippen LogP contribution in [-0.2, 0) is 10.1 Å². The first-order valence-corrected chi connectivity index (χ1v) is 6.57. The third-order valence-electron chi connectivity index (χ3n) is 2.16. The number of ether oxygens (including phenoxy) is 1. The minimum atomic E-state index is -2.61. The van der Waals surface area contributed by atoms with Crippen molar-refractivity contribution < 1.29 is 18.3 Å². The number of hydrogen-bond acceptors (Lipinski definition) is 2. The number of esters is 1. The summed E-state index contributed by atoms with van der Waals surface area (Å²) in [6, 6.07) is 4.20. The number of hydrogen-bond donors (Lipinski definition) is 0. The van der Waals surface area contributed by atoms with E-state index in [1.165, 1.54) is 18.2 Å². The van der Waals surface area contributed by atoms with Crippen LogP contribution in [0.3, 0.4) is 0 Å². The second-order valence-corrected chi connectivity index (χ2v) is 5.41. The van der Waals surface area contributed by atoms with Crippen LogP contribution in [0.2, 0.25) is 0 Å². The summed E-state index contributed by atoms with van der Waals surface area (Å²) < 4.78 is 30.8. The molecule has 0 saturated carbocycles. The maximum absolute atomic E-state index is 12.8. The van der Waals surface area contributed by atoms with E-state index in [1.807, 2.05) is 0 Å². The van der Waals surface area contributed by atoms with Crippen molar-refractivity contribution in [3.05, 3.63) is 34.9 Å². The third-order valence-corrected chi connectivity index (χ3v) is 2.76. The normalized spacial score (nSPS) is 11.7. The molecule has 0 saturated heterocycles. The molecule has 0 aliphatic heterocycles. The summed E-state index contributed by atoms with van der Waals surface area (Å²) in [4.78, 5) is 11.8. The molecule has 100 valence electrons. The van der Waals surface area contributed by atoms with Crippen LogP contribution in [0.25, 0.3) is 0 Å². The van der Waals surface area contributed by atoms with Crippen LogP contribution < -0.4 is 0 Å². The fourth-order valence-electron chi connectivity index (χ4n) is 1.38. The fraction of sp³-hybridized carbons (Fsp3) is 0.462. The molecule has 0 radical (unpaired) electrons. The first-order chi connectivity index (χ1) is 8.24. The molecule has 0 spiro atoms. The Morgan fingerprint density at radius 2 is 2.00 bits per heavy atom. The zero-order valence-electron chi connectivity index (χ0n) is 10.5. The second kappa shape index (κ2) is 5.78. The molecular formula is C13H15BrF2O2. The van der Waals surface area contributed by atoms with Crippen molar-refractivity contribution >= 4 is 21.9 Å². The van der Waals surface area contributed by atoms with Crippen molar-refractivity contribution in [2.24, 2.45) is 0 Å². The first kappa shape index (κ1) is 15.1. The van der Waals surface area contributed by atoms with E-state index in [0.29, 0.717) is 10.9 Å². The van der Waals surface area contributed by atoms with E-state index in [-0.39, 0.29) is 11.1 Å². The van der Waals surface area contributed by atoms with Gasteiger partial charge < -0.3 is 4.74 Å². The van der Waals surface area contributed by atoms with Crippen molar-refractivity contribution in [1.82, 2.24) is 0 Å². The fourth-order valence-corrected chi connectivity index (χ4v) is 1.89. The summed E-state index contributed by atoms with van der Waals surface area (Å²) in [5.74, 6) is -0.592. The van der Waals surface area contributed by atoms with Gasteiger partial charge in [-0.2, -0.15) is 0 Å². The lowest BCUT2D eigenvalue weighted by atomic mass is 10.1. The average Bonchev–Trinajstić information content (AvgIpc) is 2.25. The van der Waals surface area contributed by atoms with Gasteiger partial charge in [0.2, 0.25) is 0 Å². The molecule has 2 nitrogen and oxygen atoms in total. The Bertz CT molecular complexity index is 439. The monoisotopic (exact) mass is 320 g/mol. The minimum absolute atomic E-state index is 0.143. The van der Waals surface area contributed by atoms with Crippen molar-refractivity contribution in [2.45, 2.75) is 38.1 Å². The first-order valence-electron chi connectivity index (χ1n) is 5.45. The third kappa shape index (κ3) is 4.05. The van der Waals surface area contributed by atoms with Crippen LogP contribution in [0.15, 0.2) is 18.2 Å². The van der Waals surface area contributed by atoms with Crippen molar-refractivity contribution in [2.75, 3.05) is 0 Å². The summed E-state index contributed by atoms with van der Waals surface area (Å²) in [5, 5.41) is 0.321. The molecule has 0 bridgehead atoms. The summed E-state index contributed by atoms with van der Waals surface area (Å²) in [7, 11) is 0. The minimum Gasteiger partial charge on any atom is -0.456 e. The molecule has 0 amide bonds. The summed E-state index contributed by atoms with van der Waals surface area (Å²) in [5.41, 5.74) is -0.173. The average molecular weight is 321 g/mol. The molecule has 0 aliphatic rings. The van der Waals surface area contributed by atoms with Gasteiger partial charge in [-0.1, -0.05) is 22.0 Å². The van der Waals surface area contributed by atoms with Gasteiger partial charge in [0, 0.05) is 10.9 Å². The van der Waals surface area contributed by atoms with Crippen LogP contribution in [0.1, 0.15) is 48.7 Å². The summed E-state index contributed by atoms with van der Waals surface area (Å²) >= 11 is 3.14. The number of benzene rings is 1. The summed E-state index contributed by atoms with van der Waals surface area (Å²) in [6.45, 7) is 5.18. The standard InChI is InChI=1S/C13H15BrF2O2/c1-13(2,3)18-12(17)8-4-5-9(7-14)10(6-8)11(15)16/h4-6,11H,7H2,1-3H3. The van der Waals surface area contributed by atoms with Crippen molar-refractivity contribution in [3.63, 3.8) is 0 Å². The highest BCUT2D eigenvalue weighted by molar-refractivity contribution is 9.08. The lowest BCUT2D eigenvalue weighted by Gasteiger charge is -2.20. The SMILES string of the molecule is CC(C)(C)OC(=O)c1ccc(CBr)c(C(F)F)c1. The molecule has 0 unspecified atom stereocenters. The van der Waals surface area contributed by atoms with E-state index in [4.69, 9.17) is 4.74 Å². The Morgan fingerprint density at radius 1 is 1.39 bits per heavy atom. The molecular weight excluding hydrogens is 306 g/mol. The zero-order chi connectivity index (χ0) is 13.9. The lowest BCUT2D eigenvalue weighted by Crippen LogP contribution is -2.24. The zero-order valence-corrected chi connectivity index (χ0v) is 12.1. The molecule has 0 aromatic heterocycles. The maximum Gasteiger partial charge on any atom is 0.338 e. The topological polar surface area (TPSA) is 26.3 Å². The highest BCUT2D eigenvalue weighted by Crippen LogP contribution is 2.26. The van der Waals surface area contributed by atoms with Gasteiger partial charge in [0.15, 0.2) is 0 Å². The number of halogens is 3. The predicted molar refractivity (Wildman–Crippen MR) is 69.2 cm³/mol. The van der Waals surface area contributed by atoms with Crippen LogP contribution in [-0.4, -0.2) is 11.6 Å². The quantitative estimate of drug-likeness (QED) is 0.606. The van der Waals surface area contributed by atoms with Crippen LogP contribution in [0.5, 0.6) is 0 Å². The molecule has 0 N–H and O–H groups in total. The van der Waals surface area contributed by atoms with Gasteiger partial charge >= 0.3 is 5.97 Å². The van der Waals surface area contributed by atoms with Gasteiger partial charge in [0.1, 0.15) is 5.60 Å². The van der Waals surface area contributed by atoms with E-state index in [0.717, 1.165) is 0 Å². The Labute approximate surface area is 113 Å². The van der Waals surface area contributed by atoms with Crippen molar-refractivity contribution in [1.29, 1.82) is 0 Å². The maximum atomic E-state index is 12.8. The van der Waals surface area contributed by atoms with Gasteiger partial charge in [-0.25, -0.2) is 13.6 Å².